The van der Waals surface area contributed by atoms with Gasteiger partial charge in [-0.2, -0.15) is 0 Å². The predicted octanol–water partition coefficient (Wildman–Crippen LogP) is 4.04. The summed E-state index contributed by atoms with van der Waals surface area (Å²) in [6.45, 7) is 0.717. The van der Waals surface area contributed by atoms with Crippen molar-refractivity contribution in [2.24, 2.45) is 11.8 Å². The molecule has 1 saturated carbocycles. The summed E-state index contributed by atoms with van der Waals surface area (Å²) in [4.78, 5) is 11.7. The first-order valence-corrected chi connectivity index (χ1v) is 8.48. The van der Waals surface area contributed by atoms with Gasteiger partial charge in [-0.15, -0.1) is 0 Å². The molecule has 2 fully saturated rings. The lowest BCUT2D eigenvalue weighted by atomic mass is 9.68. The van der Waals surface area contributed by atoms with Gasteiger partial charge in [-0.1, -0.05) is 28.1 Å². The summed E-state index contributed by atoms with van der Waals surface area (Å²) in [5, 5.41) is 9.65. The maximum atomic E-state index is 11.7. The number of aliphatic carboxylic acids is 1. The predicted molar refractivity (Wildman–Crippen MR) is 84.2 cm³/mol. The minimum atomic E-state index is -0.667. The fraction of sp³-hybridized carbons (Fsp3) is 0.588. The lowest BCUT2D eigenvalue weighted by Gasteiger charge is -2.48. The Morgan fingerprint density at radius 2 is 2.10 bits per heavy atom. The van der Waals surface area contributed by atoms with Crippen LogP contribution in [0.3, 0.4) is 0 Å². The molecule has 1 aliphatic carbocycles. The molecule has 1 saturated heterocycles. The van der Waals surface area contributed by atoms with E-state index in [9.17, 15) is 9.90 Å². The molecule has 114 valence electrons. The van der Waals surface area contributed by atoms with Gasteiger partial charge in [0, 0.05) is 11.1 Å². The number of ether oxygens (including phenoxy) is 1. The molecule has 0 amide bonds. The molecule has 3 nitrogen and oxygen atoms in total. The molecular weight excluding hydrogens is 332 g/mol. The quantitative estimate of drug-likeness (QED) is 0.889. The molecule has 3 rings (SSSR count). The smallest absolute Gasteiger partial charge is 0.307 e. The number of hydrogen-bond donors (Lipinski definition) is 1. The van der Waals surface area contributed by atoms with E-state index in [0.29, 0.717) is 6.42 Å². The van der Waals surface area contributed by atoms with Gasteiger partial charge >= 0.3 is 5.97 Å². The largest absolute Gasteiger partial charge is 0.481 e. The van der Waals surface area contributed by atoms with Crippen LogP contribution in [0.1, 0.15) is 37.7 Å². The first-order chi connectivity index (χ1) is 10.1. The van der Waals surface area contributed by atoms with Crippen LogP contribution in [0.5, 0.6) is 0 Å². The molecule has 0 aromatic heterocycles. The van der Waals surface area contributed by atoms with Crippen LogP contribution in [-0.2, 0) is 16.0 Å². The van der Waals surface area contributed by atoms with Crippen LogP contribution in [0.2, 0.25) is 0 Å². The van der Waals surface area contributed by atoms with E-state index < -0.39 is 5.97 Å². The van der Waals surface area contributed by atoms with Crippen LogP contribution in [0.25, 0.3) is 0 Å². The van der Waals surface area contributed by atoms with Gasteiger partial charge in [0.15, 0.2) is 0 Å². The van der Waals surface area contributed by atoms with Crippen molar-refractivity contribution < 1.29 is 14.6 Å². The van der Waals surface area contributed by atoms with E-state index in [-0.39, 0.29) is 17.4 Å². The number of hydrogen-bond acceptors (Lipinski definition) is 2. The van der Waals surface area contributed by atoms with Crippen molar-refractivity contribution in [3.8, 4) is 0 Å². The van der Waals surface area contributed by atoms with Gasteiger partial charge in [-0.3, -0.25) is 4.79 Å². The van der Waals surface area contributed by atoms with Crippen LogP contribution in [-0.4, -0.2) is 23.3 Å². The van der Waals surface area contributed by atoms with E-state index in [1.165, 1.54) is 6.42 Å². The SMILES string of the molecule is O=C(O)C(Cc1ccc(Br)cc1)C1CCOC2(CCC2)C1. The molecule has 1 aliphatic heterocycles. The summed E-state index contributed by atoms with van der Waals surface area (Å²) in [5.41, 5.74) is 1.11. The molecule has 1 heterocycles. The highest BCUT2D eigenvalue weighted by Crippen LogP contribution is 2.46. The van der Waals surface area contributed by atoms with Crippen molar-refractivity contribution in [2.75, 3.05) is 6.61 Å². The van der Waals surface area contributed by atoms with Gasteiger partial charge in [0.2, 0.25) is 0 Å². The van der Waals surface area contributed by atoms with Crippen molar-refractivity contribution in [3.05, 3.63) is 34.3 Å². The fourth-order valence-corrected chi connectivity index (χ4v) is 3.92. The Morgan fingerprint density at radius 3 is 2.67 bits per heavy atom. The zero-order chi connectivity index (χ0) is 14.9. The Balaban J connectivity index is 1.71. The third kappa shape index (κ3) is 3.32. The average Bonchev–Trinajstić information content (AvgIpc) is 2.45. The van der Waals surface area contributed by atoms with Gasteiger partial charge in [0.1, 0.15) is 0 Å². The first kappa shape index (κ1) is 15.0. The molecular formula is C17H21BrO3. The highest BCUT2D eigenvalue weighted by Gasteiger charge is 2.45. The molecule has 2 aliphatic rings. The summed E-state index contributed by atoms with van der Waals surface area (Å²) in [7, 11) is 0. The van der Waals surface area contributed by atoms with E-state index >= 15 is 0 Å². The Kier molecular flexibility index (Phi) is 4.36. The number of carboxylic acid groups (broad SMARTS) is 1. The Bertz CT molecular complexity index is 507. The molecule has 1 spiro atoms. The van der Waals surface area contributed by atoms with Crippen molar-refractivity contribution >= 4 is 21.9 Å². The third-order valence-electron chi connectivity index (χ3n) is 5.05. The van der Waals surface area contributed by atoms with E-state index in [4.69, 9.17) is 4.74 Å². The summed E-state index contributed by atoms with van der Waals surface area (Å²) in [5.74, 6) is -0.730. The van der Waals surface area contributed by atoms with Crippen LogP contribution in [0.4, 0.5) is 0 Å². The number of benzene rings is 1. The average molecular weight is 353 g/mol. The molecule has 1 N–H and O–H groups in total. The standard InChI is InChI=1S/C17H21BrO3/c18-14-4-2-12(3-5-14)10-15(16(19)20)13-6-9-21-17(11-13)7-1-8-17/h2-5,13,15H,1,6-11H2,(H,19,20). The van der Waals surface area contributed by atoms with Crippen LogP contribution in [0.15, 0.2) is 28.7 Å². The lowest BCUT2D eigenvalue weighted by molar-refractivity contribution is -0.162. The number of carbonyl (C=O) groups is 1. The van der Waals surface area contributed by atoms with E-state index in [2.05, 4.69) is 15.9 Å². The fourth-order valence-electron chi connectivity index (χ4n) is 3.66. The van der Waals surface area contributed by atoms with Crippen molar-refractivity contribution in [3.63, 3.8) is 0 Å². The second-order valence-corrected chi connectivity index (χ2v) is 7.33. The molecule has 4 heteroatoms. The van der Waals surface area contributed by atoms with Crippen LogP contribution in [0, 0.1) is 11.8 Å². The Labute approximate surface area is 133 Å². The van der Waals surface area contributed by atoms with Crippen molar-refractivity contribution in [2.45, 2.75) is 44.1 Å². The molecule has 0 bridgehead atoms. The molecule has 2 atom stereocenters. The molecule has 2 unspecified atom stereocenters. The van der Waals surface area contributed by atoms with Crippen molar-refractivity contribution in [1.82, 2.24) is 0 Å². The zero-order valence-electron chi connectivity index (χ0n) is 12.1. The van der Waals surface area contributed by atoms with E-state index in [1.807, 2.05) is 24.3 Å². The minimum absolute atomic E-state index is 0.0103. The second kappa shape index (κ2) is 6.09. The summed E-state index contributed by atoms with van der Waals surface area (Å²) < 4.78 is 6.95. The van der Waals surface area contributed by atoms with Crippen LogP contribution >= 0.6 is 15.9 Å². The first-order valence-electron chi connectivity index (χ1n) is 7.69. The maximum Gasteiger partial charge on any atom is 0.307 e. The monoisotopic (exact) mass is 352 g/mol. The van der Waals surface area contributed by atoms with Crippen LogP contribution < -0.4 is 0 Å². The number of carboxylic acids is 1. The lowest BCUT2D eigenvalue weighted by Crippen LogP contribution is -2.48. The highest BCUT2D eigenvalue weighted by molar-refractivity contribution is 9.10. The Morgan fingerprint density at radius 1 is 1.38 bits per heavy atom. The third-order valence-corrected chi connectivity index (χ3v) is 5.58. The second-order valence-electron chi connectivity index (χ2n) is 6.41. The van der Waals surface area contributed by atoms with Gasteiger partial charge in [0.25, 0.3) is 0 Å². The van der Waals surface area contributed by atoms with Gasteiger partial charge in [-0.25, -0.2) is 0 Å². The summed E-state index contributed by atoms with van der Waals surface area (Å²) >= 11 is 3.42. The van der Waals surface area contributed by atoms with Gasteiger partial charge in [-0.05, 0) is 62.1 Å². The number of halogens is 1. The molecule has 1 aromatic rings. The van der Waals surface area contributed by atoms with Crippen molar-refractivity contribution in [1.29, 1.82) is 0 Å². The number of rotatable bonds is 4. The summed E-state index contributed by atoms with van der Waals surface area (Å²) in [6, 6.07) is 7.98. The Hall–Kier alpha value is -0.870. The normalized spacial score (nSPS) is 25.3. The zero-order valence-corrected chi connectivity index (χ0v) is 13.6. The minimum Gasteiger partial charge on any atom is -0.481 e. The maximum absolute atomic E-state index is 11.7. The van der Waals surface area contributed by atoms with E-state index in [0.717, 1.165) is 42.3 Å². The van der Waals surface area contributed by atoms with Gasteiger partial charge < -0.3 is 9.84 Å². The highest BCUT2D eigenvalue weighted by atomic mass is 79.9. The molecule has 0 radical (unpaired) electrons. The van der Waals surface area contributed by atoms with E-state index in [1.54, 1.807) is 0 Å². The topological polar surface area (TPSA) is 46.5 Å². The van der Waals surface area contributed by atoms with Gasteiger partial charge in [0.05, 0.1) is 11.5 Å². The molecule has 21 heavy (non-hydrogen) atoms. The summed E-state index contributed by atoms with van der Waals surface area (Å²) in [6.07, 6.45) is 5.83. The molecule has 1 aromatic carbocycles.